The van der Waals surface area contributed by atoms with Gasteiger partial charge in [-0.25, -0.2) is 0 Å². The molecule has 1 aromatic rings. The van der Waals surface area contributed by atoms with Crippen molar-refractivity contribution in [2.75, 3.05) is 38.8 Å². The SMILES string of the molecule is COCCNCc1cc(Br)ccc1N(C)CC1CCC1. The molecule has 0 aromatic heterocycles. The lowest BCUT2D eigenvalue weighted by molar-refractivity contribution is 0.199. The maximum atomic E-state index is 5.07. The Morgan fingerprint density at radius 1 is 1.40 bits per heavy atom. The van der Waals surface area contributed by atoms with E-state index < -0.39 is 0 Å². The number of nitrogens with zero attached hydrogens (tertiary/aromatic N) is 1. The highest BCUT2D eigenvalue weighted by atomic mass is 79.9. The molecule has 0 unspecified atom stereocenters. The summed E-state index contributed by atoms with van der Waals surface area (Å²) < 4.78 is 6.21. The van der Waals surface area contributed by atoms with E-state index >= 15 is 0 Å². The number of halogens is 1. The minimum Gasteiger partial charge on any atom is -0.383 e. The summed E-state index contributed by atoms with van der Waals surface area (Å²) in [5, 5.41) is 3.43. The highest BCUT2D eigenvalue weighted by Gasteiger charge is 2.20. The van der Waals surface area contributed by atoms with Gasteiger partial charge in [-0.3, -0.25) is 0 Å². The van der Waals surface area contributed by atoms with Gasteiger partial charge in [-0.1, -0.05) is 22.4 Å². The third kappa shape index (κ3) is 4.47. The average Bonchev–Trinajstić information content (AvgIpc) is 2.39. The summed E-state index contributed by atoms with van der Waals surface area (Å²) in [7, 11) is 3.94. The van der Waals surface area contributed by atoms with E-state index in [1.807, 2.05) is 0 Å². The first-order valence-electron chi connectivity index (χ1n) is 7.40. The van der Waals surface area contributed by atoms with E-state index in [0.29, 0.717) is 0 Å². The molecule has 0 heterocycles. The second-order valence-corrected chi connectivity index (χ2v) is 6.54. The molecule has 0 aliphatic heterocycles. The maximum Gasteiger partial charge on any atom is 0.0587 e. The summed E-state index contributed by atoms with van der Waals surface area (Å²) in [4.78, 5) is 2.41. The summed E-state index contributed by atoms with van der Waals surface area (Å²) in [5.41, 5.74) is 2.68. The van der Waals surface area contributed by atoms with Crippen molar-refractivity contribution in [2.24, 2.45) is 5.92 Å². The van der Waals surface area contributed by atoms with Gasteiger partial charge in [-0.05, 0) is 42.5 Å². The number of ether oxygens (including phenoxy) is 1. The molecule has 1 aromatic carbocycles. The molecule has 4 heteroatoms. The topological polar surface area (TPSA) is 24.5 Å². The molecule has 1 aliphatic rings. The Balaban J connectivity index is 1.98. The smallest absolute Gasteiger partial charge is 0.0587 e. The molecule has 0 bridgehead atoms. The van der Waals surface area contributed by atoms with Gasteiger partial charge in [0.1, 0.15) is 0 Å². The number of anilines is 1. The molecular formula is C16H25BrN2O. The summed E-state index contributed by atoms with van der Waals surface area (Å²) in [6.07, 6.45) is 4.19. The van der Waals surface area contributed by atoms with E-state index in [1.165, 1.54) is 37.1 Å². The Bertz CT molecular complexity index is 421. The zero-order valence-electron chi connectivity index (χ0n) is 12.5. The van der Waals surface area contributed by atoms with Crippen LogP contribution < -0.4 is 10.2 Å². The van der Waals surface area contributed by atoms with Crippen molar-refractivity contribution in [3.8, 4) is 0 Å². The van der Waals surface area contributed by atoms with Crippen LogP contribution in [0.15, 0.2) is 22.7 Å². The fourth-order valence-electron chi connectivity index (χ4n) is 2.63. The number of hydrogen-bond donors (Lipinski definition) is 1. The standard InChI is InChI=1S/C16H25BrN2O/c1-19(12-13-4-3-5-13)16-7-6-15(17)10-14(16)11-18-8-9-20-2/h6-7,10,13,18H,3-5,8-9,11-12H2,1-2H3. The van der Waals surface area contributed by atoms with Crippen LogP contribution in [0.5, 0.6) is 0 Å². The third-order valence-corrected chi connectivity index (χ3v) is 4.50. The number of rotatable bonds is 8. The van der Waals surface area contributed by atoms with E-state index in [0.717, 1.165) is 30.1 Å². The lowest BCUT2D eigenvalue weighted by Crippen LogP contribution is -2.30. The highest BCUT2D eigenvalue weighted by molar-refractivity contribution is 9.10. The first-order chi connectivity index (χ1) is 9.70. The Morgan fingerprint density at radius 3 is 2.85 bits per heavy atom. The number of nitrogens with one attached hydrogen (secondary N) is 1. The molecule has 0 atom stereocenters. The second kappa shape index (κ2) is 8.01. The highest BCUT2D eigenvalue weighted by Crippen LogP contribution is 2.30. The Kier molecular flexibility index (Phi) is 6.33. The second-order valence-electron chi connectivity index (χ2n) is 5.62. The Hall–Kier alpha value is -0.580. The summed E-state index contributed by atoms with van der Waals surface area (Å²) in [5.74, 6) is 0.887. The van der Waals surface area contributed by atoms with Gasteiger partial charge in [0.2, 0.25) is 0 Å². The number of hydrogen-bond acceptors (Lipinski definition) is 3. The number of benzene rings is 1. The maximum absolute atomic E-state index is 5.07. The van der Waals surface area contributed by atoms with Crippen LogP contribution in [-0.2, 0) is 11.3 Å². The van der Waals surface area contributed by atoms with Gasteiger partial charge < -0.3 is 15.0 Å². The van der Waals surface area contributed by atoms with Crippen LogP contribution in [0.25, 0.3) is 0 Å². The first-order valence-corrected chi connectivity index (χ1v) is 8.19. The van der Waals surface area contributed by atoms with E-state index in [4.69, 9.17) is 4.74 Å². The summed E-state index contributed by atoms with van der Waals surface area (Å²) in [6, 6.07) is 6.56. The normalized spacial score (nSPS) is 15.2. The zero-order valence-corrected chi connectivity index (χ0v) is 14.1. The van der Waals surface area contributed by atoms with Crippen LogP contribution in [0.2, 0.25) is 0 Å². The first kappa shape index (κ1) is 15.8. The molecule has 1 saturated carbocycles. The van der Waals surface area contributed by atoms with Crippen molar-refractivity contribution in [3.63, 3.8) is 0 Å². The van der Waals surface area contributed by atoms with Crippen LogP contribution in [0.3, 0.4) is 0 Å². The fourth-order valence-corrected chi connectivity index (χ4v) is 3.03. The molecule has 1 fully saturated rings. The predicted molar refractivity (Wildman–Crippen MR) is 88.3 cm³/mol. The van der Waals surface area contributed by atoms with Crippen molar-refractivity contribution in [1.29, 1.82) is 0 Å². The van der Waals surface area contributed by atoms with E-state index in [2.05, 4.69) is 51.4 Å². The molecule has 0 spiro atoms. The van der Waals surface area contributed by atoms with Crippen molar-refractivity contribution >= 4 is 21.6 Å². The minimum atomic E-state index is 0.751. The molecule has 0 radical (unpaired) electrons. The quantitative estimate of drug-likeness (QED) is 0.734. The molecular weight excluding hydrogens is 316 g/mol. The molecule has 1 N–H and O–H groups in total. The number of methoxy groups -OCH3 is 1. The fraction of sp³-hybridized carbons (Fsp3) is 0.625. The lowest BCUT2D eigenvalue weighted by atomic mass is 9.85. The van der Waals surface area contributed by atoms with Crippen LogP contribution >= 0.6 is 15.9 Å². The summed E-state index contributed by atoms with van der Waals surface area (Å²) in [6.45, 7) is 3.69. The van der Waals surface area contributed by atoms with Gasteiger partial charge in [-0.15, -0.1) is 0 Å². The van der Waals surface area contributed by atoms with Crippen LogP contribution in [-0.4, -0.2) is 33.9 Å². The molecule has 2 rings (SSSR count). The zero-order chi connectivity index (χ0) is 14.4. The molecule has 1 aliphatic carbocycles. The van der Waals surface area contributed by atoms with Gasteiger partial charge in [-0.2, -0.15) is 0 Å². The molecule has 0 saturated heterocycles. The Morgan fingerprint density at radius 2 is 2.20 bits per heavy atom. The van der Waals surface area contributed by atoms with Crippen molar-refractivity contribution in [1.82, 2.24) is 5.32 Å². The minimum absolute atomic E-state index is 0.751. The van der Waals surface area contributed by atoms with Crippen molar-refractivity contribution in [3.05, 3.63) is 28.2 Å². The summed E-state index contributed by atoms with van der Waals surface area (Å²) >= 11 is 3.57. The van der Waals surface area contributed by atoms with Crippen LogP contribution in [0, 0.1) is 5.92 Å². The van der Waals surface area contributed by atoms with Gasteiger partial charge in [0.15, 0.2) is 0 Å². The predicted octanol–water partition coefficient (Wildman–Crippen LogP) is 3.42. The van der Waals surface area contributed by atoms with Crippen LogP contribution in [0.4, 0.5) is 5.69 Å². The molecule has 112 valence electrons. The van der Waals surface area contributed by atoms with Gasteiger partial charge in [0.05, 0.1) is 6.61 Å². The molecule has 3 nitrogen and oxygen atoms in total. The van der Waals surface area contributed by atoms with E-state index in [1.54, 1.807) is 7.11 Å². The third-order valence-electron chi connectivity index (χ3n) is 4.01. The molecule has 20 heavy (non-hydrogen) atoms. The average molecular weight is 341 g/mol. The van der Waals surface area contributed by atoms with Gasteiger partial charge >= 0.3 is 0 Å². The monoisotopic (exact) mass is 340 g/mol. The van der Waals surface area contributed by atoms with E-state index in [9.17, 15) is 0 Å². The van der Waals surface area contributed by atoms with Gasteiger partial charge in [0, 0.05) is 44.0 Å². The molecule has 0 amide bonds. The largest absolute Gasteiger partial charge is 0.383 e. The van der Waals surface area contributed by atoms with Crippen LogP contribution in [0.1, 0.15) is 24.8 Å². The lowest BCUT2D eigenvalue weighted by Gasteiger charge is -2.32. The van der Waals surface area contributed by atoms with Crippen molar-refractivity contribution < 1.29 is 4.74 Å². The Labute approximate surface area is 130 Å². The van der Waals surface area contributed by atoms with E-state index in [-0.39, 0.29) is 0 Å². The van der Waals surface area contributed by atoms with Gasteiger partial charge in [0.25, 0.3) is 0 Å². The van der Waals surface area contributed by atoms with Crippen molar-refractivity contribution in [2.45, 2.75) is 25.8 Å².